The molecule has 2 aliphatic heterocycles. The van der Waals surface area contributed by atoms with E-state index >= 15 is 0 Å². The van der Waals surface area contributed by atoms with Crippen molar-refractivity contribution in [3.8, 4) is 0 Å². The van der Waals surface area contributed by atoms with E-state index in [0.717, 1.165) is 42.4 Å². The quantitative estimate of drug-likeness (QED) is 0.450. The molecule has 2 fully saturated rings. The van der Waals surface area contributed by atoms with Crippen LogP contribution in [0.3, 0.4) is 0 Å². The molecule has 1 saturated heterocycles. The molecular weight excluding hydrogens is 444 g/mol. The Hall–Kier alpha value is -2.57. The molecule has 1 saturated carbocycles. The fourth-order valence-electron chi connectivity index (χ4n) is 6.01. The molecule has 1 aromatic carbocycles. The molecule has 0 amide bonds. The zero-order valence-electron chi connectivity index (χ0n) is 19.5. The van der Waals surface area contributed by atoms with E-state index in [1.807, 2.05) is 18.6 Å². The summed E-state index contributed by atoms with van der Waals surface area (Å²) in [4.78, 5) is 21.6. The highest BCUT2D eigenvalue weighted by atomic mass is 35.5. The second-order valence-corrected chi connectivity index (χ2v) is 10.4. The normalized spacial score (nSPS) is 24.0. The van der Waals surface area contributed by atoms with Crippen molar-refractivity contribution in [1.82, 2.24) is 24.4 Å². The van der Waals surface area contributed by atoms with Crippen LogP contribution in [-0.2, 0) is 12.0 Å². The molecule has 0 radical (unpaired) electrons. The van der Waals surface area contributed by atoms with Gasteiger partial charge in [-0.25, -0.2) is 9.97 Å². The third-order valence-corrected chi connectivity index (χ3v) is 7.99. The largest absolute Gasteiger partial charge is 0.312 e. The summed E-state index contributed by atoms with van der Waals surface area (Å²) in [5.41, 5.74) is 3.39. The van der Waals surface area contributed by atoms with E-state index in [1.54, 1.807) is 0 Å². The Morgan fingerprint density at radius 2 is 1.79 bits per heavy atom. The Morgan fingerprint density at radius 3 is 2.53 bits per heavy atom. The molecule has 7 heteroatoms. The van der Waals surface area contributed by atoms with Gasteiger partial charge in [0, 0.05) is 18.8 Å². The number of rotatable bonds is 6. The van der Waals surface area contributed by atoms with Crippen LogP contribution < -0.4 is 0 Å². The molecule has 3 aliphatic rings. The van der Waals surface area contributed by atoms with Crippen molar-refractivity contribution in [2.24, 2.45) is 10.9 Å². The van der Waals surface area contributed by atoms with Crippen LogP contribution in [0, 0.1) is 5.92 Å². The summed E-state index contributed by atoms with van der Waals surface area (Å²) < 4.78 is 2.21. The van der Waals surface area contributed by atoms with Gasteiger partial charge in [0.25, 0.3) is 0 Å². The monoisotopic (exact) mass is 474 g/mol. The first kappa shape index (κ1) is 21.9. The van der Waals surface area contributed by atoms with Crippen molar-refractivity contribution < 1.29 is 0 Å². The molecule has 0 N–H and O–H groups in total. The van der Waals surface area contributed by atoms with E-state index in [9.17, 15) is 0 Å². The molecule has 176 valence electrons. The predicted molar refractivity (Wildman–Crippen MR) is 136 cm³/mol. The molecule has 3 aromatic rings. The maximum atomic E-state index is 6.49. The van der Waals surface area contributed by atoms with Gasteiger partial charge < -0.3 is 9.47 Å². The number of fused-ring (bicyclic) bond motifs is 1. The first-order valence-corrected chi connectivity index (χ1v) is 13.0. The van der Waals surface area contributed by atoms with Crippen molar-refractivity contribution in [3.63, 3.8) is 0 Å². The molecule has 1 unspecified atom stereocenters. The summed E-state index contributed by atoms with van der Waals surface area (Å²) in [6.07, 6.45) is 16.4. The third kappa shape index (κ3) is 4.18. The van der Waals surface area contributed by atoms with E-state index in [1.165, 1.54) is 50.5 Å². The lowest BCUT2D eigenvalue weighted by Gasteiger charge is -2.36. The molecule has 0 spiro atoms. The van der Waals surface area contributed by atoms with E-state index in [4.69, 9.17) is 26.6 Å². The average molecular weight is 475 g/mol. The van der Waals surface area contributed by atoms with Crippen LogP contribution in [0.15, 0.2) is 53.8 Å². The van der Waals surface area contributed by atoms with Crippen molar-refractivity contribution >= 4 is 29.0 Å². The molecular formula is C27H31ClN6. The van der Waals surface area contributed by atoms with Crippen molar-refractivity contribution in [3.05, 3.63) is 65.4 Å². The van der Waals surface area contributed by atoms with Gasteiger partial charge in [0.15, 0.2) is 5.65 Å². The van der Waals surface area contributed by atoms with Gasteiger partial charge in [0.2, 0.25) is 5.28 Å². The summed E-state index contributed by atoms with van der Waals surface area (Å²) in [6, 6.07) is 11.3. The third-order valence-electron chi connectivity index (χ3n) is 7.82. The van der Waals surface area contributed by atoms with Crippen molar-refractivity contribution in [1.29, 1.82) is 0 Å². The van der Waals surface area contributed by atoms with Gasteiger partial charge in [-0.15, -0.1) is 0 Å². The Balaban J connectivity index is 1.24. The number of hydrogen-bond acceptors (Lipinski definition) is 5. The number of aromatic nitrogens is 4. The number of benzene rings is 1. The van der Waals surface area contributed by atoms with Crippen LogP contribution in [0.1, 0.15) is 55.8 Å². The fraction of sp³-hybridized carbons (Fsp3) is 0.481. The van der Waals surface area contributed by atoms with Crippen LogP contribution in [0.2, 0.25) is 5.28 Å². The molecule has 6 rings (SSSR count). The maximum absolute atomic E-state index is 6.49. The van der Waals surface area contributed by atoms with Crippen LogP contribution in [0.5, 0.6) is 0 Å². The minimum Gasteiger partial charge on any atom is -0.312 e. The molecule has 34 heavy (non-hydrogen) atoms. The van der Waals surface area contributed by atoms with Crippen molar-refractivity contribution in [2.75, 3.05) is 19.6 Å². The lowest BCUT2D eigenvalue weighted by molar-refractivity contribution is 0.161. The van der Waals surface area contributed by atoms with Crippen molar-refractivity contribution in [2.45, 2.75) is 56.5 Å². The number of halogens is 1. The average Bonchev–Trinajstić information content (AvgIpc) is 3.62. The van der Waals surface area contributed by atoms with Gasteiger partial charge >= 0.3 is 0 Å². The highest BCUT2D eigenvalue weighted by Crippen LogP contribution is 2.38. The summed E-state index contributed by atoms with van der Waals surface area (Å²) in [7, 11) is 0. The zero-order chi connectivity index (χ0) is 23.0. The Kier molecular flexibility index (Phi) is 5.95. The number of likely N-dealkylation sites (tertiary alicyclic amines) is 1. The molecule has 1 aliphatic carbocycles. The lowest BCUT2D eigenvalue weighted by Crippen LogP contribution is -2.43. The van der Waals surface area contributed by atoms with Crippen LogP contribution in [0.25, 0.3) is 11.2 Å². The standard InChI is InChI=1S/C27H31ClN6/c28-26-31-24(23-25(32-26)34(19-29-23)22-9-4-5-10-22)27(13-6-14-30-27)18-33-15-11-21(12-16-33)17-20-7-2-1-3-8-20/h1-3,6-8,13-14,19,21-22H,4-5,9-12,15-18H2. The summed E-state index contributed by atoms with van der Waals surface area (Å²) in [6.45, 7) is 2.93. The van der Waals surface area contributed by atoms with Crippen LogP contribution >= 0.6 is 11.6 Å². The molecule has 1 atom stereocenters. The summed E-state index contributed by atoms with van der Waals surface area (Å²) in [5.74, 6) is 0.736. The lowest BCUT2D eigenvalue weighted by atomic mass is 9.88. The second-order valence-electron chi connectivity index (χ2n) is 10.1. The van der Waals surface area contributed by atoms with Gasteiger partial charge in [-0.1, -0.05) is 43.2 Å². The Labute approximate surface area is 205 Å². The molecule has 4 heterocycles. The topological polar surface area (TPSA) is 59.2 Å². The van der Waals surface area contributed by atoms with Gasteiger partial charge in [0.05, 0.1) is 6.33 Å². The minimum atomic E-state index is -0.564. The smallest absolute Gasteiger partial charge is 0.224 e. The molecule has 2 aromatic heterocycles. The van der Waals surface area contributed by atoms with Gasteiger partial charge in [-0.3, -0.25) is 4.99 Å². The number of aliphatic imine (C=N–C) groups is 1. The predicted octanol–water partition coefficient (Wildman–Crippen LogP) is 5.39. The first-order chi connectivity index (χ1) is 16.7. The first-order valence-electron chi connectivity index (χ1n) is 12.6. The number of hydrogen-bond donors (Lipinski definition) is 0. The van der Waals surface area contributed by atoms with Crippen LogP contribution in [-0.4, -0.2) is 50.3 Å². The molecule has 6 nitrogen and oxygen atoms in total. The van der Waals surface area contributed by atoms with E-state index in [-0.39, 0.29) is 5.28 Å². The van der Waals surface area contributed by atoms with Gasteiger partial charge in [-0.2, -0.15) is 4.98 Å². The summed E-state index contributed by atoms with van der Waals surface area (Å²) >= 11 is 6.49. The fourth-order valence-corrected chi connectivity index (χ4v) is 6.17. The highest BCUT2D eigenvalue weighted by Gasteiger charge is 2.38. The van der Waals surface area contributed by atoms with E-state index in [0.29, 0.717) is 6.04 Å². The highest BCUT2D eigenvalue weighted by molar-refractivity contribution is 6.28. The van der Waals surface area contributed by atoms with E-state index in [2.05, 4.69) is 50.9 Å². The SMILES string of the molecule is Clc1nc(C2(CN3CCC(Cc4ccccc4)CC3)C=CC=N2)c2ncn(C3CCCC3)c2n1. The second kappa shape index (κ2) is 9.23. The number of nitrogens with zero attached hydrogens (tertiary/aromatic N) is 6. The van der Waals surface area contributed by atoms with Gasteiger partial charge in [-0.05, 0) is 80.4 Å². The van der Waals surface area contributed by atoms with Crippen LogP contribution in [0.4, 0.5) is 0 Å². The molecule has 0 bridgehead atoms. The maximum Gasteiger partial charge on any atom is 0.224 e. The Morgan fingerprint density at radius 1 is 1.00 bits per heavy atom. The van der Waals surface area contributed by atoms with Gasteiger partial charge in [0.1, 0.15) is 16.7 Å². The number of piperidine rings is 1. The number of allylic oxidation sites excluding steroid dienone is 1. The summed E-state index contributed by atoms with van der Waals surface area (Å²) in [5, 5.41) is 0.277. The Bertz CT molecular complexity index is 1190. The van der Waals surface area contributed by atoms with E-state index < -0.39 is 5.54 Å². The minimum absolute atomic E-state index is 0.277. The zero-order valence-corrected chi connectivity index (χ0v) is 20.2. The number of imidazole rings is 1.